The first-order chi connectivity index (χ1) is 8.26. The average Bonchev–Trinajstić information content (AvgIpc) is 2.29. The fourth-order valence-electron chi connectivity index (χ4n) is 0.637. The van der Waals surface area contributed by atoms with E-state index in [9.17, 15) is 14.4 Å². The summed E-state index contributed by atoms with van der Waals surface area (Å²) in [4.78, 5) is 30.0. The van der Waals surface area contributed by atoms with E-state index in [0.29, 0.717) is 6.42 Å². The highest BCUT2D eigenvalue weighted by atomic mass is 16.4. The van der Waals surface area contributed by atoms with Crippen molar-refractivity contribution >= 4 is 17.9 Å². The molecule has 100 valence electrons. The van der Waals surface area contributed by atoms with E-state index >= 15 is 0 Å². The van der Waals surface area contributed by atoms with Gasteiger partial charge in [0.2, 0.25) is 0 Å². The molecule has 6 nitrogen and oxygen atoms in total. The molecule has 0 aliphatic carbocycles. The van der Waals surface area contributed by atoms with Gasteiger partial charge in [0.05, 0.1) is 0 Å². The Kier molecular flexibility index (Phi) is 9.83. The summed E-state index contributed by atoms with van der Waals surface area (Å²) >= 11 is 0. The van der Waals surface area contributed by atoms with E-state index in [0.717, 1.165) is 6.08 Å². The van der Waals surface area contributed by atoms with Gasteiger partial charge in [-0.05, 0) is 13.3 Å². The molecule has 0 aromatic heterocycles. The SMILES string of the molecule is C=CC(=O)O.CCC(=CC=C(C)C(=O)O)C(=O)O. The van der Waals surface area contributed by atoms with Crippen LogP contribution >= 0.6 is 0 Å². The fraction of sp³-hybridized carbons (Fsp3) is 0.250. The third-order valence-corrected chi connectivity index (χ3v) is 1.70. The maximum absolute atomic E-state index is 10.5. The molecule has 0 rings (SSSR count). The van der Waals surface area contributed by atoms with Crippen LogP contribution in [0.1, 0.15) is 20.3 Å². The van der Waals surface area contributed by atoms with E-state index < -0.39 is 17.9 Å². The van der Waals surface area contributed by atoms with Gasteiger partial charge in [-0.2, -0.15) is 0 Å². The number of carboxylic acid groups (broad SMARTS) is 3. The number of carboxylic acids is 3. The van der Waals surface area contributed by atoms with Crippen LogP contribution in [-0.4, -0.2) is 33.2 Å². The smallest absolute Gasteiger partial charge is 0.331 e. The summed E-state index contributed by atoms with van der Waals surface area (Å²) < 4.78 is 0. The minimum absolute atomic E-state index is 0.118. The molecule has 0 heterocycles. The lowest BCUT2D eigenvalue weighted by atomic mass is 10.1. The van der Waals surface area contributed by atoms with Crippen molar-refractivity contribution in [3.63, 3.8) is 0 Å². The first kappa shape index (κ1) is 18.0. The van der Waals surface area contributed by atoms with Gasteiger partial charge in [0.25, 0.3) is 0 Å². The molecular weight excluding hydrogens is 240 g/mol. The number of hydrogen-bond donors (Lipinski definition) is 3. The molecule has 0 bridgehead atoms. The van der Waals surface area contributed by atoms with Gasteiger partial charge in [-0.25, -0.2) is 14.4 Å². The van der Waals surface area contributed by atoms with Crippen LogP contribution < -0.4 is 0 Å². The Morgan fingerprint density at radius 2 is 1.50 bits per heavy atom. The third kappa shape index (κ3) is 10.2. The summed E-state index contributed by atoms with van der Waals surface area (Å²) in [5.41, 5.74) is 0.313. The Hall–Kier alpha value is -2.37. The quantitative estimate of drug-likeness (QED) is 0.509. The van der Waals surface area contributed by atoms with Crippen molar-refractivity contribution in [1.29, 1.82) is 0 Å². The highest BCUT2D eigenvalue weighted by Crippen LogP contribution is 2.02. The molecule has 0 unspecified atom stereocenters. The zero-order chi connectivity index (χ0) is 14.7. The summed E-state index contributed by atoms with van der Waals surface area (Å²) in [6.07, 6.45) is 3.81. The van der Waals surface area contributed by atoms with Gasteiger partial charge in [-0.3, -0.25) is 0 Å². The normalized spacial score (nSPS) is 11.0. The summed E-state index contributed by atoms with van der Waals surface area (Å²) in [5, 5.41) is 24.6. The molecule has 0 saturated carbocycles. The van der Waals surface area contributed by atoms with Crippen molar-refractivity contribution in [2.75, 3.05) is 0 Å². The molecule has 0 aliphatic rings. The van der Waals surface area contributed by atoms with E-state index in [1.165, 1.54) is 19.1 Å². The Morgan fingerprint density at radius 1 is 1.06 bits per heavy atom. The van der Waals surface area contributed by atoms with Crippen molar-refractivity contribution in [3.05, 3.63) is 36.0 Å². The van der Waals surface area contributed by atoms with E-state index in [1.54, 1.807) is 6.92 Å². The van der Waals surface area contributed by atoms with Gasteiger partial charge < -0.3 is 15.3 Å². The predicted octanol–water partition coefficient (Wildman–Crippen LogP) is 1.70. The van der Waals surface area contributed by atoms with E-state index in [1.807, 2.05) is 0 Å². The Morgan fingerprint density at radius 3 is 1.72 bits per heavy atom. The Balaban J connectivity index is 0. The van der Waals surface area contributed by atoms with Crippen molar-refractivity contribution in [2.24, 2.45) is 0 Å². The summed E-state index contributed by atoms with van der Waals surface area (Å²) in [6, 6.07) is 0. The average molecular weight is 256 g/mol. The molecule has 3 N–H and O–H groups in total. The molecule has 0 radical (unpaired) electrons. The molecule has 0 fully saturated rings. The lowest BCUT2D eigenvalue weighted by Gasteiger charge is -1.94. The standard InChI is InChI=1S/C9H12O4.C3H4O2/c1-3-7(9(12)13)5-4-6(2)8(10)11;1-2-3(4)5/h4-5H,3H2,1-2H3,(H,10,11)(H,12,13);2H,1H2,(H,4,5). The van der Waals surface area contributed by atoms with E-state index in [2.05, 4.69) is 6.58 Å². The second-order valence-electron chi connectivity index (χ2n) is 3.05. The lowest BCUT2D eigenvalue weighted by Crippen LogP contribution is -1.99. The Bertz CT molecular complexity index is 389. The van der Waals surface area contributed by atoms with Crippen molar-refractivity contribution in [2.45, 2.75) is 20.3 Å². The number of carbonyl (C=O) groups is 3. The van der Waals surface area contributed by atoms with E-state index in [4.69, 9.17) is 15.3 Å². The summed E-state index contributed by atoms with van der Waals surface area (Å²) in [6.45, 7) is 6.07. The van der Waals surface area contributed by atoms with Crippen LogP contribution in [0.15, 0.2) is 36.0 Å². The number of aliphatic carboxylic acids is 3. The maximum atomic E-state index is 10.5. The molecule has 0 atom stereocenters. The van der Waals surface area contributed by atoms with Crippen molar-refractivity contribution < 1.29 is 29.7 Å². The zero-order valence-corrected chi connectivity index (χ0v) is 10.2. The van der Waals surface area contributed by atoms with Crippen LogP contribution in [0.2, 0.25) is 0 Å². The zero-order valence-electron chi connectivity index (χ0n) is 10.2. The molecule has 0 aromatic rings. The topological polar surface area (TPSA) is 112 Å². The highest BCUT2D eigenvalue weighted by Gasteiger charge is 2.03. The molecule has 6 heteroatoms. The van der Waals surface area contributed by atoms with Crippen LogP contribution in [0.4, 0.5) is 0 Å². The lowest BCUT2D eigenvalue weighted by molar-refractivity contribution is -0.133. The van der Waals surface area contributed by atoms with Gasteiger partial charge in [0, 0.05) is 17.2 Å². The minimum Gasteiger partial charge on any atom is -0.478 e. The second kappa shape index (κ2) is 9.83. The molecule has 0 amide bonds. The molecule has 0 saturated heterocycles. The monoisotopic (exact) mass is 256 g/mol. The summed E-state index contributed by atoms with van der Waals surface area (Å²) in [5.74, 6) is -3.04. The predicted molar refractivity (Wildman–Crippen MR) is 65.2 cm³/mol. The van der Waals surface area contributed by atoms with Crippen LogP contribution in [0.3, 0.4) is 0 Å². The molecule has 0 aromatic carbocycles. The van der Waals surface area contributed by atoms with Crippen molar-refractivity contribution in [3.8, 4) is 0 Å². The maximum Gasteiger partial charge on any atom is 0.331 e. The van der Waals surface area contributed by atoms with Crippen LogP contribution in [0, 0.1) is 0 Å². The fourth-order valence-corrected chi connectivity index (χ4v) is 0.637. The largest absolute Gasteiger partial charge is 0.478 e. The molecule has 18 heavy (non-hydrogen) atoms. The van der Waals surface area contributed by atoms with Crippen LogP contribution in [0.25, 0.3) is 0 Å². The van der Waals surface area contributed by atoms with Crippen molar-refractivity contribution in [1.82, 2.24) is 0 Å². The highest BCUT2D eigenvalue weighted by molar-refractivity contribution is 5.89. The van der Waals surface area contributed by atoms with Gasteiger partial charge in [0.15, 0.2) is 0 Å². The Labute approximate surface area is 105 Å². The number of rotatable bonds is 5. The number of allylic oxidation sites excluding steroid dienone is 2. The minimum atomic E-state index is -1.04. The van der Waals surface area contributed by atoms with E-state index in [-0.39, 0.29) is 11.1 Å². The summed E-state index contributed by atoms with van der Waals surface area (Å²) in [7, 11) is 0. The third-order valence-electron chi connectivity index (χ3n) is 1.70. The molecule has 0 aliphatic heterocycles. The van der Waals surface area contributed by atoms with Gasteiger partial charge in [0.1, 0.15) is 0 Å². The van der Waals surface area contributed by atoms with Gasteiger partial charge in [-0.15, -0.1) is 0 Å². The van der Waals surface area contributed by atoms with Crippen LogP contribution in [0.5, 0.6) is 0 Å². The van der Waals surface area contributed by atoms with Gasteiger partial charge >= 0.3 is 17.9 Å². The first-order valence-corrected chi connectivity index (χ1v) is 4.95. The second-order valence-corrected chi connectivity index (χ2v) is 3.05. The molecule has 0 spiro atoms. The van der Waals surface area contributed by atoms with Gasteiger partial charge in [-0.1, -0.05) is 25.7 Å². The number of hydrogen-bond acceptors (Lipinski definition) is 3. The van der Waals surface area contributed by atoms with Crippen LogP contribution in [-0.2, 0) is 14.4 Å². The molecular formula is C12H16O6. The first-order valence-electron chi connectivity index (χ1n) is 4.95.